The van der Waals surface area contributed by atoms with Crippen LogP contribution in [0.25, 0.3) is 0 Å². The van der Waals surface area contributed by atoms with Gasteiger partial charge < -0.3 is 9.84 Å². The number of thioether (sulfide) groups is 1. The molecule has 4 aromatic carbocycles. The number of nitrogens with zero attached hydrogens (tertiary/aromatic N) is 2. The summed E-state index contributed by atoms with van der Waals surface area (Å²) in [6, 6.07) is 36.7. The summed E-state index contributed by atoms with van der Waals surface area (Å²) in [7, 11) is -0.818. The van der Waals surface area contributed by atoms with Gasteiger partial charge in [-0.2, -0.15) is 5.10 Å². The molecule has 7 heteroatoms. The Hall–Kier alpha value is -3.44. The topological polar surface area (TPSA) is 66.2 Å². The molecule has 0 saturated carbocycles. The third kappa shape index (κ3) is 7.07. The zero-order valence-electron chi connectivity index (χ0n) is 20.9. The van der Waals surface area contributed by atoms with E-state index in [1.54, 1.807) is 24.4 Å². The number of hydrogen-bond acceptors (Lipinski definition) is 5. The smallest absolute Gasteiger partial charge is 0.179 e. The summed E-state index contributed by atoms with van der Waals surface area (Å²) in [5, 5.41) is 18.6. The van der Waals surface area contributed by atoms with Gasteiger partial charge in [-0.1, -0.05) is 109 Å². The van der Waals surface area contributed by atoms with Gasteiger partial charge >= 0.3 is 0 Å². The fraction of sp³-hybridized carbons (Fsp3) is 0.133. The summed E-state index contributed by atoms with van der Waals surface area (Å²) >= 11 is 1.45. The van der Waals surface area contributed by atoms with Gasteiger partial charge in [0.25, 0.3) is 0 Å². The molecule has 0 bridgehead atoms. The Bertz CT molecular complexity index is 1290. The number of para-hydroxylation sites is 1. The largest absolute Gasteiger partial charge is 0.507 e. The maximum Gasteiger partial charge on any atom is 0.179 e. The molecule has 0 aliphatic carbocycles. The molecule has 0 spiro atoms. The van der Waals surface area contributed by atoms with E-state index in [0.29, 0.717) is 17.3 Å². The predicted molar refractivity (Wildman–Crippen MR) is 159 cm³/mol. The van der Waals surface area contributed by atoms with Crippen LogP contribution in [0.3, 0.4) is 0 Å². The molecule has 0 amide bonds. The van der Waals surface area contributed by atoms with Crippen molar-refractivity contribution in [1.29, 1.82) is 0 Å². The molecule has 2 N–H and O–H groups in total. The van der Waals surface area contributed by atoms with Crippen molar-refractivity contribution in [1.82, 2.24) is 5.43 Å². The van der Waals surface area contributed by atoms with Crippen LogP contribution in [0.15, 0.2) is 119 Å². The van der Waals surface area contributed by atoms with Crippen LogP contribution in [0, 0.1) is 0 Å². The van der Waals surface area contributed by atoms with E-state index in [0.717, 1.165) is 5.56 Å². The highest BCUT2D eigenvalue weighted by Crippen LogP contribution is 2.36. The number of amidine groups is 1. The van der Waals surface area contributed by atoms with Crippen molar-refractivity contribution in [3.05, 3.63) is 120 Å². The second-order valence-electron chi connectivity index (χ2n) is 7.94. The molecule has 0 aromatic heterocycles. The number of hydrogen-bond donors (Lipinski definition) is 2. The highest BCUT2D eigenvalue weighted by atomic mass is 32.2. The molecular formula is C30H30N3O2PS. The van der Waals surface area contributed by atoms with Crippen molar-refractivity contribution in [2.24, 2.45) is 10.1 Å². The minimum Gasteiger partial charge on any atom is -0.507 e. The molecule has 188 valence electrons. The summed E-state index contributed by atoms with van der Waals surface area (Å²) in [5.74, 6) is 0.173. The van der Waals surface area contributed by atoms with E-state index < -0.39 is 14.1 Å². The summed E-state index contributed by atoms with van der Waals surface area (Å²) in [4.78, 5) is 4.92. The number of rotatable bonds is 9. The van der Waals surface area contributed by atoms with Crippen LogP contribution in [0.4, 0.5) is 0 Å². The first-order valence-corrected chi connectivity index (χ1v) is 14.6. The summed E-state index contributed by atoms with van der Waals surface area (Å²) in [5.41, 5.74) is 4.66. The van der Waals surface area contributed by atoms with E-state index in [2.05, 4.69) is 77.3 Å². The van der Waals surface area contributed by atoms with Crippen LogP contribution in [0.2, 0.25) is 0 Å². The fourth-order valence-electron chi connectivity index (χ4n) is 3.82. The lowest BCUT2D eigenvalue weighted by atomic mass is 10.2. The van der Waals surface area contributed by atoms with Crippen LogP contribution >= 0.6 is 19.7 Å². The van der Waals surface area contributed by atoms with Crippen molar-refractivity contribution in [2.45, 2.75) is 13.2 Å². The zero-order chi connectivity index (χ0) is 25.9. The number of phenols is 1. The van der Waals surface area contributed by atoms with Crippen molar-refractivity contribution >= 4 is 47.0 Å². The number of benzene rings is 4. The third-order valence-electron chi connectivity index (χ3n) is 5.53. The molecule has 0 aliphatic heterocycles. The van der Waals surface area contributed by atoms with Gasteiger partial charge in [0.1, 0.15) is 5.75 Å². The monoisotopic (exact) mass is 527 g/mol. The van der Waals surface area contributed by atoms with Crippen LogP contribution in [0.5, 0.6) is 5.75 Å². The second-order valence-corrected chi connectivity index (χ2v) is 10.9. The van der Waals surface area contributed by atoms with Crippen LogP contribution in [-0.2, 0) is 4.74 Å². The van der Waals surface area contributed by atoms with Crippen LogP contribution in [-0.4, -0.2) is 29.4 Å². The molecule has 37 heavy (non-hydrogen) atoms. The van der Waals surface area contributed by atoms with Gasteiger partial charge in [0.2, 0.25) is 0 Å². The number of phenolic OH excluding ortho intramolecular Hbond substituents is 1. The summed E-state index contributed by atoms with van der Waals surface area (Å²) in [6.45, 7) is 2.49. The van der Waals surface area contributed by atoms with E-state index >= 15 is 0 Å². The Morgan fingerprint density at radius 1 is 0.892 bits per heavy atom. The van der Waals surface area contributed by atoms with Gasteiger partial charge in [0.05, 0.1) is 6.21 Å². The standard InChI is InChI=1S/C30H30N3O2PS/c1-3-35-29(32-30(37-2)33-31-22-23-14-10-12-20-27(23)34)26-19-11-13-21-28(26)36(24-15-6-4-7-16-24)25-17-8-5-9-18-25/h4-22,29,34H,3H2,1-2H3,(H,32,33)/b31-22+/t29-/m0/s1. The average Bonchev–Trinajstić information content (AvgIpc) is 2.95. The number of nitrogens with one attached hydrogen (secondary N) is 1. The Kier molecular flexibility index (Phi) is 9.89. The first kappa shape index (κ1) is 26.6. The molecule has 1 atom stereocenters. The van der Waals surface area contributed by atoms with Gasteiger partial charge in [-0.05, 0) is 49.1 Å². The van der Waals surface area contributed by atoms with Gasteiger partial charge in [-0.3, -0.25) is 5.43 Å². The van der Waals surface area contributed by atoms with Crippen molar-refractivity contribution in [3.63, 3.8) is 0 Å². The average molecular weight is 528 g/mol. The maximum atomic E-state index is 9.99. The number of aromatic hydroxyl groups is 1. The van der Waals surface area contributed by atoms with Crippen LogP contribution in [0.1, 0.15) is 24.3 Å². The SMILES string of the molecule is CCO[C@H](N=C(N/N=C/c1ccccc1O)SC)c1ccccc1P(c1ccccc1)c1ccccc1. The fourth-order valence-corrected chi connectivity index (χ4v) is 6.64. The van der Waals surface area contributed by atoms with Gasteiger partial charge in [0.15, 0.2) is 11.4 Å². The zero-order valence-corrected chi connectivity index (χ0v) is 22.6. The normalized spacial score (nSPS) is 12.7. The molecule has 0 radical (unpaired) electrons. The molecular weight excluding hydrogens is 497 g/mol. The Morgan fingerprint density at radius 2 is 1.49 bits per heavy atom. The lowest BCUT2D eigenvalue weighted by molar-refractivity contribution is 0.0701. The molecule has 0 unspecified atom stereocenters. The second kappa shape index (κ2) is 13.8. The number of ether oxygens (including phenoxy) is 1. The maximum absolute atomic E-state index is 9.99. The van der Waals surface area contributed by atoms with E-state index in [4.69, 9.17) is 9.73 Å². The quantitative estimate of drug-likeness (QED) is 0.130. The number of hydrazone groups is 1. The van der Waals surface area contributed by atoms with Gasteiger partial charge in [0, 0.05) is 17.7 Å². The number of aliphatic imine (C=N–C) groups is 1. The minimum absolute atomic E-state index is 0.173. The van der Waals surface area contributed by atoms with Gasteiger partial charge in [-0.25, -0.2) is 4.99 Å². The highest BCUT2D eigenvalue weighted by Gasteiger charge is 2.23. The molecule has 4 rings (SSSR count). The summed E-state index contributed by atoms with van der Waals surface area (Å²) in [6.07, 6.45) is 3.01. The minimum atomic E-state index is -0.818. The molecule has 0 saturated heterocycles. The van der Waals surface area contributed by atoms with E-state index in [1.807, 2.05) is 37.4 Å². The lowest BCUT2D eigenvalue weighted by Gasteiger charge is -2.25. The Morgan fingerprint density at radius 3 is 2.11 bits per heavy atom. The van der Waals surface area contributed by atoms with Crippen LogP contribution < -0.4 is 21.3 Å². The highest BCUT2D eigenvalue weighted by molar-refractivity contribution is 8.13. The third-order valence-corrected chi connectivity index (χ3v) is 8.63. The molecule has 0 aliphatic rings. The van der Waals surface area contributed by atoms with Crippen molar-refractivity contribution in [2.75, 3.05) is 12.9 Å². The Labute approximate surface area is 224 Å². The summed E-state index contributed by atoms with van der Waals surface area (Å²) < 4.78 is 6.18. The molecule has 0 fully saturated rings. The first-order valence-electron chi connectivity index (χ1n) is 12.0. The van der Waals surface area contributed by atoms with Crippen molar-refractivity contribution in [3.8, 4) is 5.75 Å². The molecule has 4 aromatic rings. The van der Waals surface area contributed by atoms with Crippen molar-refractivity contribution < 1.29 is 9.84 Å². The molecule has 0 heterocycles. The lowest BCUT2D eigenvalue weighted by Crippen LogP contribution is -2.25. The molecule has 5 nitrogen and oxygen atoms in total. The Balaban J connectivity index is 1.71. The van der Waals surface area contributed by atoms with E-state index in [-0.39, 0.29) is 5.75 Å². The van der Waals surface area contributed by atoms with Gasteiger partial charge in [-0.15, -0.1) is 0 Å². The predicted octanol–water partition coefficient (Wildman–Crippen LogP) is 5.53. The first-order chi connectivity index (χ1) is 18.2. The van der Waals surface area contributed by atoms with E-state index in [9.17, 15) is 5.11 Å². The van der Waals surface area contributed by atoms with E-state index in [1.165, 1.54) is 27.7 Å².